The Hall–Kier alpha value is -3.59. The van der Waals surface area contributed by atoms with Crippen LogP contribution in [0.2, 0.25) is 0 Å². The number of benzene rings is 1. The smallest absolute Gasteiger partial charge is 0.166 e. The largest absolute Gasteiger partial charge is 0.368 e. The van der Waals surface area contributed by atoms with E-state index in [-0.39, 0.29) is 5.82 Å². The fraction of sp³-hybridized carbons (Fsp3) is 0.346. The van der Waals surface area contributed by atoms with Crippen LogP contribution in [0.3, 0.4) is 0 Å². The standard InChI is InChI=1S/C26H25F2N7/c27-18-1-3-22(28)21(13-18)26-14-17(26)5-9-34(26)24-6-10-35-25(32-24)20(16-31-35)23-4-2-19(15-30-23)33-11-7-29-8-12-33/h1-4,6,10,13,15-17,29H,5,7-9,11-12,14H2/t17-,26?/m0/s1. The Kier molecular flexibility index (Phi) is 4.57. The van der Waals surface area contributed by atoms with Crippen LogP contribution in [0.15, 0.2) is 55.0 Å². The molecule has 0 bridgehead atoms. The first-order valence-electron chi connectivity index (χ1n) is 12.1. The van der Waals surface area contributed by atoms with Gasteiger partial charge in [-0.2, -0.15) is 5.10 Å². The Balaban J connectivity index is 1.24. The van der Waals surface area contributed by atoms with Crippen molar-refractivity contribution in [3.63, 3.8) is 0 Å². The van der Waals surface area contributed by atoms with Crippen LogP contribution in [-0.2, 0) is 5.54 Å². The van der Waals surface area contributed by atoms with E-state index in [0.29, 0.717) is 17.1 Å². The third kappa shape index (κ3) is 3.21. The summed E-state index contributed by atoms with van der Waals surface area (Å²) in [6.45, 7) is 4.63. The summed E-state index contributed by atoms with van der Waals surface area (Å²) in [7, 11) is 0. The summed E-state index contributed by atoms with van der Waals surface area (Å²) in [6.07, 6.45) is 7.31. The Morgan fingerprint density at radius 1 is 1.00 bits per heavy atom. The van der Waals surface area contributed by atoms with Crippen molar-refractivity contribution in [3.8, 4) is 11.3 Å². The van der Waals surface area contributed by atoms with Crippen LogP contribution in [0.1, 0.15) is 18.4 Å². The van der Waals surface area contributed by atoms with E-state index in [1.165, 1.54) is 18.2 Å². The molecule has 2 aliphatic heterocycles. The van der Waals surface area contributed by atoms with E-state index >= 15 is 0 Å². The normalized spacial score (nSPS) is 23.7. The SMILES string of the molecule is Fc1ccc(F)c(C23C[C@@H]2CCN3c2ccn3ncc(-c4ccc(N5CCNCC5)cn4)c3n2)c1. The molecule has 0 radical (unpaired) electrons. The number of hydrogen-bond donors (Lipinski definition) is 1. The average molecular weight is 474 g/mol. The minimum Gasteiger partial charge on any atom is -0.368 e. The van der Waals surface area contributed by atoms with Crippen LogP contribution in [0.25, 0.3) is 16.9 Å². The number of rotatable bonds is 4. The number of nitrogens with one attached hydrogen (secondary N) is 1. The molecule has 2 saturated heterocycles. The maximum absolute atomic E-state index is 14.8. The second-order valence-electron chi connectivity index (χ2n) is 9.64. The summed E-state index contributed by atoms with van der Waals surface area (Å²) in [5.41, 5.74) is 3.36. The van der Waals surface area contributed by atoms with Crippen molar-refractivity contribution in [1.29, 1.82) is 0 Å². The van der Waals surface area contributed by atoms with Crippen molar-refractivity contribution >= 4 is 17.2 Å². The Bertz CT molecular complexity index is 1410. The molecule has 0 spiro atoms. The number of pyridine rings is 1. The molecule has 3 aromatic heterocycles. The van der Waals surface area contributed by atoms with Gasteiger partial charge in [0.05, 0.1) is 34.9 Å². The fourth-order valence-electron chi connectivity index (χ4n) is 5.94. The Morgan fingerprint density at radius 2 is 1.89 bits per heavy atom. The lowest BCUT2D eigenvalue weighted by Crippen LogP contribution is -2.43. The molecule has 4 aromatic rings. The number of piperidine rings is 1. The first kappa shape index (κ1) is 20.8. The molecule has 1 N–H and O–H groups in total. The fourth-order valence-corrected chi connectivity index (χ4v) is 5.94. The highest BCUT2D eigenvalue weighted by atomic mass is 19.1. The van der Waals surface area contributed by atoms with E-state index in [1.54, 1.807) is 10.7 Å². The molecular weight excluding hydrogens is 448 g/mol. The second-order valence-corrected chi connectivity index (χ2v) is 9.64. The van der Waals surface area contributed by atoms with E-state index in [9.17, 15) is 8.78 Å². The van der Waals surface area contributed by atoms with Crippen LogP contribution < -0.4 is 15.1 Å². The van der Waals surface area contributed by atoms with Crippen LogP contribution in [0.5, 0.6) is 0 Å². The van der Waals surface area contributed by atoms with Crippen molar-refractivity contribution < 1.29 is 8.78 Å². The molecule has 3 fully saturated rings. The van der Waals surface area contributed by atoms with Gasteiger partial charge in [-0.25, -0.2) is 18.3 Å². The molecule has 7 nitrogen and oxygen atoms in total. The highest BCUT2D eigenvalue weighted by Crippen LogP contribution is 2.63. The lowest BCUT2D eigenvalue weighted by atomic mass is 10.0. The molecule has 5 heterocycles. The molecular formula is C26H25F2N7. The van der Waals surface area contributed by atoms with Gasteiger partial charge in [-0.15, -0.1) is 0 Å². The molecule has 1 unspecified atom stereocenters. The highest BCUT2D eigenvalue weighted by molar-refractivity contribution is 5.76. The number of piperazine rings is 1. The van der Waals surface area contributed by atoms with Gasteiger partial charge in [0.25, 0.3) is 0 Å². The van der Waals surface area contributed by atoms with Gasteiger partial charge in [-0.1, -0.05) is 0 Å². The number of fused-ring (bicyclic) bond motifs is 2. The topological polar surface area (TPSA) is 61.6 Å². The van der Waals surface area contributed by atoms with E-state index in [4.69, 9.17) is 9.97 Å². The monoisotopic (exact) mass is 473 g/mol. The molecule has 0 amide bonds. The predicted molar refractivity (Wildman–Crippen MR) is 129 cm³/mol. The molecule has 7 rings (SSSR count). The average Bonchev–Trinajstić information content (AvgIpc) is 3.27. The third-order valence-electron chi connectivity index (χ3n) is 7.79. The molecule has 178 valence electrons. The van der Waals surface area contributed by atoms with Gasteiger partial charge < -0.3 is 15.1 Å². The van der Waals surface area contributed by atoms with Crippen molar-refractivity contribution in [2.75, 3.05) is 42.5 Å². The summed E-state index contributed by atoms with van der Waals surface area (Å²) in [4.78, 5) is 14.1. The van der Waals surface area contributed by atoms with Crippen LogP contribution >= 0.6 is 0 Å². The zero-order valence-corrected chi connectivity index (χ0v) is 19.2. The van der Waals surface area contributed by atoms with Crippen molar-refractivity contribution in [1.82, 2.24) is 24.9 Å². The van der Waals surface area contributed by atoms with E-state index in [0.717, 1.165) is 68.3 Å². The van der Waals surface area contributed by atoms with Gasteiger partial charge >= 0.3 is 0 Å². The van der Waals surface area contributed by atoms with Gasteiger partial charge in [0, 0.05) is 44.5 Å². The van der Waals surface area contributed by atoms with Crippen molar-refractivity contribution in [3.05, 3.63) is 72.2 Å². The van der Waals surface area contributed by atoms with E-state index in [2.05, 4.69) is 26.3 Å². The van der Waals surface area contributed by atoms with Crippen molar-refractivity contribution in [2.45, 2.75) is 18.4 Å². The number of nitrogens with zero attached hydrogens (tertiary/aromatic N) is 6. The maximum atomic E-state index is 14.8. The summed E-state index contributed by atoms with van der Waals surface area (Å²) in [5.74, 6) is 0.284. The maximum Gasteiger partial charge on any atom is 0.166 e. The first-order valence-corrected chi connectivity index (χ1v) is 12.1. The number of hydrogen-bond acceptors (Lipinski definition) is 6. The molecule has 1 aliphatic carbocycles. The Morgan fingerprint density at radius 3 is 2.69 bits per heavy atom. The van der Waals surface area contributed by atoms with Crippen LogP contribution in [-0.4, -0.2) is 52.3 Å². The van der Waals surface area contributed by atoms with Gasteiger partial charge in [0.15, 0.2) is 5.65 Å². The van der Waals surface area contributed by atoms with Gasteiger partial charge in [0.2, 0.25) is 0 Å². The van der Waals surface area contributed by atoms with E-state index < -0.39 is 11.4 Å². The van der Waals surface area contributed by atoms with Gasteiger partial charge in [-0.3, -0.25) is 4.98 Å². The second kappa shape index (κ2) is 7.71. The Labute approximate surface area is 201 Å². The minimum absolute atomic E-state index is 0.306. The quantitative estimate of drug-likeness (QED) is 0.489. The number of anilines is 2. The minimum atomic E-state index is -0.527. The van der Waals surface area contributed by atoms with Crippen LogP contribution in [0, 0.1) is 17.6 Å². The number of halogens is 2. The molecule has 1 saturated carbocycles. The summed E-state index contributed by atoms with van der Waals surface area (Å²) in [6, 6.07) is 9.77. The van der Waals surface area contributed by atoms with Gasteiger partial charge in [-0.05, 0) is 55.2 Å². The van der Waals surface area contributed by atoms with Gasteiger partial charge in [0.1, 0.15) is 17.5 Å². The molecule has 35 heavy (non-hydrogen) atoms. The zero-order valence-electron chi connectivity index (χ0n) is 19.2. The van der Waals surface area contributed by atoms with E-state index in [1.807, 2.05) is 24.5 Å². The van der Waals surface area contributed by atoms with Crippen molar-refractivity contribution in [2.24, 2.45) is 5.92 Å². The molecule has 2 atom stereocenters. The lowest BCUT2D eigenvalue weighted by Gasteiger charge is -2.30. The molecule has 9 heteroatoms. The summed E-state index contributed by atoms with van der Waals surface area (Å²) >= 11 is 0. The van der Waals surface area contributed by atoms with Crippen LogP contribution in [0.4, 0.5) is 20.3 Å². The molecule has 3 aliphatic rings. The lowest BCUT2D eigenvalue weighted by molar-refractivity contribution is 0.544. The highest BCUT2D eigenvalue weighted by Gasteiger charge is 2.64. The summed E-state index contributed by atoms with van der Waals surface area (Å²) in [5, 5.41) is 7.84. The molecule has 1 aromatic carbocycles. The summed E-state index contributed by atoms with van der Waals surface area (Å²) < 4.78 is 30.6. The first-order chi connectivity index (χ1) is 17.1. The number of aromatic nitrogens is 4. The predicted octanol–water partition coefficient (Wildman–Crippen LogP) is 3.60. The zero-order chi connectivity index (χ0) is 23.6. The third-order valence-corrected chi connectivity index (χ3v) is 7.79.